The van der Waals surface area contributed by atoms with E-state index in [4.69, 9.17) is 5.11 Å². The zero-order valence-electron chi connectivity index (χ0n) is 15.6. The molecule has 1 aromatic rings. The van der Waals surface area contributed by atoms with Gasteiger partial charge in [0.05, 0.1) is 0 Å². The number of hydrogen-bond donors (Lipinski definition) is 3. The SMILES string of the molecule is C[C@H](CCO)NC(=O)NCc1ccccc1CN(C)C1CCCCC1. The number of nitrogens with zero attached hydrogens (tertiary/aromatic N) is 1. The van der Waals surface area contributed by atoms with Crippen molar-refractivity contribution in [3.05, 3.63) is 35.4 Å². The van der Waals surface area contributed by atoms with E-state index in [2.05, 4.69) is 40.8 Å². The highest BCUT2D eigenvalue weighted by molar-refractivity contribution is 5.74. The van der Waals surface area contributed by atoms with Gasteiger partial charge in [-0.2, -0.15) is 0 Å². The minimum atomic E-state index is -0.184. The first-order valence-electron chi connectivity index (χ1n) is 9.52. The molecule has 25 heavy (non-hydrogen) atoms. The molecule has 0 aromatic heterocycles. The van der Waals surface area contributed by atoms with E-state index < -0.39 is 0 Å². The second-order valence-corrected chi connectivity index (χ2v) is 7.22. The van der Waals surface area contributed by atoms with Gasteiger partial charge in [-0.1, -0.05) is 43.5 Å². The van der Waals surface area contributed by atoms with E-state index in [0.29, 0.717) is 19.0 Å². The van der Waals surface area contributed by atoms with E-state index in [1.165, 1.54) is 37.7 Å². The van der Waals surface area contributed by atoms with E-state index in [1.807, 2.05) is 13.0 Å². The molecule has 1 atom stereocenters. The smallest absolute Gasteiger partial charge is 0.315 e. The summed E-state index contributed by atoms with van der Waals surface area (Å²) in [6.45, 7) is 3.41. The second-order valence-electron chi connectivity index (χ2n) is 7.22. The summed E-state index contributed by atoms with van der Waals surface area (Å²) >= 11 is 0. The lowest BCUT2D eigenvalue weighted by molar-refractivity contribution is 0.184. The summed E-state index contributed by atoms with van der Waals surface area (Å²) in [7, 11) is 2.21. The van der Waals surface area contributed by atoms with E-state index in [9.17, 15) is 4.79 Å². The quantitative estimate of drug-likeness (QED) is 0.677. The van der Waals surface area contributed by atoms with Gasteiger partial charge >= 0.3 is 6.03 Å². The number of rotatable bonds is 8. The van der Waals surface area contributed by atoms with Crippen LogP contribution in [0.15, 0.2) is 24.3 Å². The van der Waals surface area contributed by atoms with Crippen molar-refractivity contribution in [2.45, 2.75) is 70.6 Å². The van der Waals surface area contributed by atoms with Crippen molar-refractivity contribution in [2.24, 2.45) is 0 Å². The molecule has 0 saturated heterocycles. The first-order valence-corrected chi connectivity index (χ1v) is 9.52. The number of amides is 2. The van der Waals surface area contributed by atoms with Crippen LogP contribution < -0.4 is 10.6 Å². The van der Waals surface area contributed by atoms with Crippen molar-refractivity contribution in [3.63, 3.8) is 0 Å². The predicted molar refractivity (Wildman–Crippen MR) is 101 cm³/mol. The Hall–Kier alpha value is -1.59. The Morgan fingerprint density at radius 1 is 1.24 bits per heavy atom. The maximum Gasteiger partial charge on any atom is 0.315 e. The van der Waals surface area contributed by atoms with Gasteiger partial charge in [-0.15, -0.1) is 0 Å². The van der Waals surface area contributed by atoms with Gasteiger partial charge in [-0.3, -0.25) is 4.90 Å². The summed E-state index contributed by atoms with van der Waals surface area (Å²) in [5.41, 5.74) is 2.44. The lowest BCUT2D eigenvalue weighted by Gasteiger charge is -2.31. The van der Waals surface area contributed by atoms with Crippen LogP contribution in [0.5, 0.6) is 0 Å². The molecule has 0 bridgehead atoms. The first kappa shape index (κ1) is 19.7. The zero-order chi connectivity index (χ0) is 18.1. The summed E-state index contributed by atoms with van der Waals surface area (Å²) in [6.07, 6.45) is 7.20. The largest absolute Gasteiger partial charge is 0.396 e. The van der Waals surface area contributed by atoms with Crippen molar-refractivity contribution in [3.8, 4) is 0 Å². The monoisotopic (exact) mass is 347 g/mol. The Balaban J connectivity index is 1.88. The number of nitrogens with one attached hydrogen (secondary N) is 2. The van der Waals surface area contributed by atoms with E-state index in [-0.39, 0.29) is 18.7 Å². The van der Waals surface area contributed by atoms with Crippen molar-refractivity contribution in [1.29, 1.82) is 0 Å². The third-order valence-electron chi connectivity index (χ3n) is 5.12. The second kappa shape index (κ2) is 10.4. The van der Waals surface area contributed by atoms with Gasteiger partial charge in [0.1, 0.15) is 0 Å². The van der Waals surface area contributed by atoms with E-state index >= 15 is 0 Å². The third kappa shape index (κ3) is 6.67. The summed E-state index contributed by atoms with van der Waals surface area (Å²) in [5, 5.41) is 14.7. The number of aliphatic hydroxyl groups excluding tert-OH is 1. The summed E-state index contributed by atoms with van der Waals surface area (Å²) < 4.78 is 0. The van der Waals surface area contributed by atoms with Gasteiger partial charge in [0, 0.05) is 31.8 Å². The molecule has 1 saturated carbocycles. The molecule has 3 N–H and O–H groups in total. The Bertz CT molecular complexity index is 529. The third-order valence-corrected chi connectivity index (χ3v) is 5.12. The predicted octanol–water partition coefficient (Wildman–Crippen LogP) is 3.02. The number of hydrogen-bond acceptors (Lipinski definition) is 3. The van der Waals surface area contributed by atoms with Crippen molar-refractivity contribution < 1.29 is 9.90 Å². The molecule has 0 aliphatic heterocycles. The molecule has 1 aliphatic rings. The minimum Gasteiger partial charge on any atom is -0.396 e. The Morgan fingerprint density at radius 2 is 1.92 bits per heavy atom. The highest BCUT2D eigenvalue weighted by atomic mass is 16.3. The normalized spacial score (nSPS) is 16.6. The zero-order valence-corrected chi connectivity index (χ0v) is 15.6. The fourth-order valence-corrected chi connectivity index (χ4v) is 3.52. The van der Waals surface area contributed by atoms with E-state index in [1.54, 1.807) is 0 Å². The molecule has 1 aliphatic carbocycles. The lowest BCUT2D eigenvalue weighted by atomic mass is 9.94. The molecule has 1 aromatic carbocycles. The fraction of sp³-hybridized carbons (Fsp3) is 0.650. The van der Waals surface area contributed by atoms with Crippen molar-refractivity contribution >= 4 is 6.03 Å². The molecule has 2 amide bonds. The van der Waals surface area contributed by atoms with Crippen LogP contribution in [-0.2, 0) is 13.1 Å². The molecule has 0 spiro atoms. The average Bonchev–Trinajstić information content (AvgIpc) is 2.62. The Kier molecular flexibility index (Phi) is 8.22. The van der Waals surface area contributed by atoms with Crippen LogP contribution in [-0.4, -0.2) is 41.8 Å². The van der Waals surface area contributed by atoms with Crippen molar-refractivity contribution in [2.75, 3.05) is 13.7 Å². The maximum absolute atomic E-state index is 12.0. The van der Waals surface area contributed by atoms with Crippen LogP contribution in [0.1, 0.15) is 56.6 Å². The number of urea groups is 1. The highest BCUT2D eigenvalue weighted by Crippen LogP contribution is 2.23. The molecular weight excluding hydrogens is 314 g/mol. The van der Waals surface area contributed by atoms with Crippen molar-refractivity contribution in [1.82, 2.24) is 15.5 Å². The van der Waals surface area contributed by atoms with Gasteiger partial charge in [0.25, 0.3) is 0 Å². The molecule has 0 radical (unpaired) electrons. The van der Waals surface area contributed by atoms with Crippen LogP contribution in [0, 0.1) is 0 Å². The molecule has 1 fully saturated rings. The lowest BCUT2D eigenvalue weighted by Crippen LogP contribution is -2.41. The molecule has 0 heterocycles. The Labute approximate surface area is 151 Å². The van der Waals surface area contributed by atoms with Gasteiger partial charge in [0.2, 0.25) is 0 Å². The number of aliphatic hydroxyl groups is 1. The van der Waals surface area contributed by atoms with Crippen LogP contribution >= 0.6 is 0 Å². The first-order chi connectivity index (χ1) is 12.1. The topological polar surface area (TPSA) is 64.6 Å². The highest BCUT2D eigenvalue weighted by Gasteiger charge is 2.18. The van der Waals surface area contributed by atoms with Crippen LogP contribution in [0.2, 0.25) is 0 Å². The summed E-state index contributed by atoms with van der Waals surface area (Å²) in [6, 6.07) is 8.79. The minimum absolute atomic E-state index is 0.0299. The van der Waals surface area contributed by atoms with Crippen LogP contribution in [0.4, 0.5) is 4.79 Å². The Morgan fingerprint density at radius 3 is 2.60 bits per heavy atom. The van der Waals surface area contributed by atoms with Crippen LogP contribution in [0.3, 0.4) is 0 Å². The van der Waals surface area contributed by atoms with Gasteiger partial charge < -0.3 is 15.7 Å². The molecule has 5 nitrogen and oxygen atoms in total. The van der Waals surface area contributed by atoms with Gasteiger partial charge in [0.15, 0.2) is 0 Å². The molecular formula is C20H33N3O2. The summed E-state index contributed by atoms with van der Waals surface area (Å²) in [4.78, 5) is 14.4. The fourth-order valence-electron chi connectivity index (χ4n) is 3.52. The van der Waals surface area contributed by atoms with Gasteiger partial charge in [-0.05, 0) is 44.4 Å². The molecule has 0 unspecified atom stereocenters. The molecule has 5 heteroatoms. The number of benzene rings is 1. The van der Waals surface area contributed by atoms with E-state index in [0.717, 1.165) is 12.1 Å². The standard InChI is InChI=1S/C20H33N3O2/c1-16(12-13-24)22-20(25)21-14-17-8-6-7-9-18(17)15-23(2)19-10-4-3-5-11-19/h6-9,16,19,24H,3-5,10-15H2,1-2H3,(H2,21,22,25)/t16-/m1/s1. The average molecular weight is 348 g/mol. The summed E-state index contributed by atoms with van der Waals surface area (Å²) in [5.74, 6) is 0. The maximum atomic E-state index is 12.0. The van der Waals surface area contributed by atoms with Crippen LogP contribution in [0.25, 0.3) is 0 Å². The number of carbonyl (C=O) groups excluding carboxylic acids is 1. The number of carbonyl (C=O) groups is 1. The molecule has 140 valence electrons. The molecule has 2 rings (SSSR count). The van der Waals surface area contributed by atoms with Gasteiger partial charge in [-0.25, -0.2) is 4.79 Å².